The topological polar surface area (TPSA) is 115 Å². The summed E-state index contributed by atoms with van der Waals surface area (Å²) >= 11 is 0. The third-order valence-corrected chi connectivity index (χ3v) is 4.54. The number of benzene rings is 1. The van der Waals surface area contributed by atoms with Gasteiger partial charge in [-0.2, -0.15) is 14.7 Å². The highest BCUT2D eigenvalue weighted by Crippen LogP contribution is 2.24. The summed E-state index contributed by atoms with van der Waals surface area (Å²) in [7, 11) is 1.41. The standard InChI is InChI=1S/C19H16F2N8O/c1-10(26-28(2)19(22)30)14-5-6-16-24-25-17(29(16)27-14)8-12-13(20)9-15-11(18(12)21)4-3-7-23-15/h3-7,9H,8H2,1-2H3,(H2,22,30)/b26-10+. The van der Waals surface area contributed by atoms with Gasteiger partial charge in [0.2, 0.25) is 0 Å². The lowest BCUT2D eigenvalue weighted by molar-refractivity contribution is 0.220. The predicted octanol–water partition coefficient (Wildman–Crippen LogP) is 2.28. The fourth-order valence-corrected chi connectivity index (χ4v) is 2.97. The summed E-state index contributed by atoms with van der Waals surface area (Å²) in [6.07, 6.45) is 1.30. The number of fused-ring (bicyclic) bond motifs is 2. The van der Waals surface area contributed by atoms with Crippen molar-refractivity contribution in [3.05, 3.63) is 65.2 Å². The number of aromatic nitrogens is 5. The van der Waals surface area contributed by atoms with E-state index < -0.39 is 17.7 Å². The van der Waals surface area contributed by atoms with Crippen molar-refractivity contribution in [1.29, 1.82) is 0 Å². The minimum Gasteiger partial charge on any atom is -0.350 e. The summed E-state index contributed by atoms with van der Waals surface area (Å²) in [5.41, 5.74) is 6.47. The summed E-state index contributed by atoms with van der Waals surface area (Å²) in [5.74, 6) is -1.19. The van der Waals surface area contributed by atoms with Crippen LogP contribution in [0.4, 0.5) is 13.6 Å². The lowest BCUT2D eigenvalue weighted by Gasteiger charge is -2.09. The van der Waals surface area contributed by atoms with E-state index >= 15 is 0 Å². The molecule has 3 heterocycles. The molecule has 4 rings (SSSR count). The van der Waals surface area contributed by atoms with Gasteiger partial charge in [-0.05, 0) is 31.2 Å². The molecule has 30 heavy (non-hydrogen) atoms. The van der Waals surface area contributed by atoms with Gasteiger partial charge in [-0.15, -0.1) is 10.2 Å². The van der Waals surface area contributed by atoms with Crippen LogP contribution in [0, 0.1) is 11.6 Å². The zero-order valence-corrected chi connectivity index (χ0v) is 16.0. The van der Waals surface area contributed by atoms with Crippen LogP contribution in [0.3, 0.4) is 0 Å². The fraction of sp³-hybridized carbons (Fsp3) is 0.158. The maximum atomic E-state index is 14.9. The summed E-state index contributed by atoms with van der Waals surface area (Å²) in [4.78, 5) is 15.2. The molecule has 0 saturated carbocycles. The molecule has 0 radical (unpaired) electrons. The number of urea groups is 1. The molecule has 2 amide bonds. The minimum atomic E-state index is -0.729. The maximum absolute atomic E-state index is 14.9. The zero-order valence-electron chi connectivity index (χ0n) is 16.0. The molecule has 0 spiro atoms. The predicted molar refractivity (Wildman–Crippen MR) is 105 cm³/mol. The first kappa shape index (κ1) is 19.3. The van der Waals surface area contributed by atoms with Gasteiger partial charge in [0.05, 0.1) is 11.2 Å². The van der Waals surface area contributed by atoms with E-state index in [-0.39, 0.29) is 28.7 Å². The molecule has 0 fully saturated rings. The van der Waals surface area contributed by atoms with Gasteiger partial charge in [-0.3, -0.25) is 4.98 Å². The molecule has 11 heteroatoms. The average Bonchev–Trinajstić information content (AvgIpc) is 3.13. The Morgan fingerprint density at radius 2 is 2.07 bits per heavy atom. The average molecular weight is 410 g/mol. The Labute approximate surface area is 168 Å². The van der Waals surface area contributed by atoms with Crippen molar-refractivity contribution in [3.63, 3.8) is 0 Å². The molecule has 3 aromatic heterocycles. The van der Waals surface area contributed by atoms with Gasteiger partial charge in [0.15, 0.2) is 11.5 Å². The Kier molecular flexibility index (Phi) is 4.78. The summed E-state index contributed by atoms with van der Waals surface area (Å²) < 4.78 is 30.9. The van der Waals surface area contributed by atoms with Crippen molar-refractivity contribution in [1.82, 2.24) is 29.8 Å². The highest BCUT2D eigenvalue weighted by atomic mass is 19.1. The van der Waals surface area contributed by atoms with Crippen LogP contribution < -0.4 is 5.73 Å². The maximum Gasteiger partial charge on any atom is 0.334 e. The van der Waals surface area contributed by atoms with Crippen molar-refractivity contribution < 1.29 is 13.6 Å². The lowest BCUT2D eigenvalue weighted by atomic mass is 10.1. The largest absolute Gasteiger partial charge is 0.350 e. The van der Waals surface area contributed by atoms with Crippen LogP contribution >= 0.6 is 0 Å². The smallest absolute Gasteiger partial charge is 0.334 e. The quantitative estimate of drug-likeness (QED) is 0.409. The van der Waals surface area contributed by atoms with Crippen LogP contribution in [-0.4, -0.2) is 48.6 Å². The molecule has 2 N–H and O–H groups in total. The van der Waals surface area contributed by atoms with Gasteiger partial charge in [-0.25, -0.2) is 18.6 Å². The van der Waals surface area contributed by atoms with Gasteiger partial charge in [0.25, 0.3) is 0 Å². The van der Waals surface area contributed by atoms with Crippen LogP contribution in [-0.2, 0) is 6.42 Å². The molecule has 0 aliphatic carbocycles. The highest BCUT2D eigenvalue weighted by Gasteiger charge is 2.18. The first-order chi connectivity index (χ1) is 14.3. The number of hydrazone groups is 1. The number of rotatable bonds is 4. The number of halogens is 2. The summed E-state index contributed by atoms with van der Waals surface area (Å²) in [6.45, 7) is 1.65. The van der Waals surface area contributed by atoms with E-state index in [1.807, 2.05) is 0 Å². The highest BCUT2D eigenvalue weighted by molar-refractivity contribution is 5.97. The van der Waals surface area contributed by atoms with E-state index in [1.165, 1.54) is 29.9 Å². The van der Waals surface area contributed by atoms with Gasteiger partial charge in [0.1, 0.15) is 17.3 Å². The van der Waals surface area contributed by atoms with Crippen molar-refractivity contribution in [2.45, 2.75) is 13.3 Å². The Morgan fingerprint density at radius 1 is 1.27 bits per heavy atom. The Bertz CT molecular complexity index is 1320. The van der Waals surface area contributed by atoms with Crippen LogP contribution in [0.2, 0.25) is 0 Å². The van der Waals surface area contributed by atoms with Crippen molar-refractivity contribution in [2.24, 2.45) is 10.8 Å². The zero-order chi connectivity index (χ0) is 21.4. The Morgan fingerprint density at radius 3 is 2.83 bits per heavy atom. The number of carbonyl (C=O) groups is 1. The van der Waals surface area contributed by atoms with Gasteiger partial charge < -0.3 is 5.73 Å². The number of hydrogen-bond acceptors (Lipinski definition) is 6. The lowest BCUT2D eigenvalue weighted by Crippen LogP contribution is -2.28. The molecule has 0 atom stereocenters. The van der Waals surface area contributed by atoms with Crippen molar-refractivity contribution >= 4 is 28.3 Å². The number of pyridine rings is 1. The SMILES string of the molecule is C/C(=N\N(C)C(N)=O)c1ccc2nnc(Cc3c(F)cc4ncccc4c3F)n2n1. The second-order valence-electron chi connectivity index (χ2n) is 6.55. The number of primary amides is 1. The first-order valence-corrected chi connectivity index (χ1v) is 8.87. The molecular weight excluding hydrogens is 394 g/mol. The minimum absolute atomic E-state index is 0.157. The molecule has 9 nitrogen and oxygen atoms in total. The number of carbonyl (C=O) groups excluding carboxylic acids is 1. The molecule has 0 aliphatic rings. The van der Waals surface area contributed by atoms with Gasteiger partial charge in [0, 0.05) is 36.7 Å². The van der Waals surface area contributed by atoms with E-state index in [0.29, 0.717) is 17.1 Å². The number of hydrogen-bond donors (Lipinski definition) is 1. The number of nitrogens with zero attached hydrogens (tertiary/aromatic N) is 7. The third-order valence-electron chi connectivity index (χ3n) is 4.54. The van der Waals surface area contributed by atoms with Crippen LogP contribution in [0.25, 0.3) is 16.6 Å². The van der Waals surface area contributed by atoms with E-state index in [4.69, 9.17) is 5.73 Å². The third kappa shape index (κ3) is 3.41. The van der Waals surface area contributed by atoms with Crippen LogP contribution in [0.1, 0.15) is 24.0 Å². The Hall–Kier alpha value is -4.02. The number of amides is 2. The Balaban J connectivity index is 1.76. The molecule has 4 aromatic rings. The summed E-state index contributed by atoms with van der Waals surface area (Å²) in [5, 5.41) is 17.6. The fourth-order valence-electron chi connectivity index (χ4n) is 2.97. The molecule has 0 aliphatic heterocycles. The second kappa shape index (κ2) is 7.43. The molecule has 0 saturated heterocycles. The summed E-state index contributed by atoms with van der Waals surface area (Å²) in [6, 6.07) is 6.86. The normalized spacial score (nSPS) is 11.9. The number of nitrogens with two attached hydrogens (primary N) is 1. The molecule has 1 aromatic carbocycles. The van der Waals surface area contributed by atoms with Crippen molar-refractivity contribution in [2.75, 3.05) is 7.05 Å². The monoisotopic (exact) mass is 410 g/mol. The van der Waals surface area contributed by atoms with Crippen LogP contribution in [0.5, 0.6) is 0 Å². The van der Waals surface area contributed by atoms with Crippen molar-refractivity contribution in [3.8, 4) is 0 Å². The van der Waals surface area contributed by atoms with Gasteiger partial charge in [-0.1, -0.05) is 0 Å². The van der Waals surface area contributed by atoms with Gasteiger partial charge >= 0.3 is 6.03 Å². The van der Waals surface area contributed by atoms with Crippen LogP contribution in [0.15, 0.2) is 41.6 Å². The molecule has 152 valence electrons. The van der Waals surface area contributed by atoms with E-state index in [0.717, 1.165) is 5.01 Å². The van der Waals surface area contributed by atoms with E-state index in [2.05, 4.69) is 25.4 Å². The molecular formula is C19H16F2N8O. The molecule has 0 bridgehead atoms. The first-order valence-electron chi connectivity index (χ1n) is 8.87. The second-order valence-corrected chi connectivity index (χ2v) is 6.55. The van der Waals surface area contributed by atoms with E-state index in [1.54, 1.807) is 25.1 Å². The molecule has 0 unspecified atom stereocenters. The van der Waals surface area contributed by atoms with E-state index in [9.17, 15) is 13.6 Å².